The van der Waals surface area contributed by atoms with Crippen LogP contribution >= 0.6 is 0 Å². The maximum Gasteiger partial charge on any atom is 0.0694 e. The minimum atomic E-state index is -0.317. The topological polar surface area (TPSA) is 72.3 Å². The van der Waals surface area contributed by atoms with Gasteiger partial charge < -0.3 is 16.6 Å². The van der Waals surface area contributed by atoms with Gasteiger partial charge in [-0.2, -0.15) is 0 Å². The van der Waals surface area contributed by atoms with Crippen molar-refractivity contribution >= 4 is 0 Å². The third-order valence-corrected chi connectivity index (χ3v) is 2.31. The number of aliphatic hydroxyl groups excluding tert-OH is 1. The summed E-state index contributed by atoms with van der Waals surface area (Å²) in [5.41, 5.74) is 11.1. The van der Waals surface area contributed by atoms with Gasteiger partial charge in [0.05, 0.1) is 6.10 Å². The van der Waals surface area contributed by atoms with E-state index in [0.29, 0.717) is 12.5 Å². The lowest BCUT2D eigenvalue weighted by atomic mass is 9.84. The van der Waals surface area contributed by atoms with Crippen molar-refractivity contribution in [1.29, 1.82) is 0 Å². The summed E-state index contributed by atoms with van der Waals surface area (Å²) < 4.78 is 0. The van der Waals surface area contributed by atoms with E-state index in [9.17, 15) is 5.11 Å². The zero-order chi connectivity index (χ0) is 7.56. The second-order valence-electron chi connectivity index (χ2n) is 3.15. The molecule has 0 bridgehead atoms. The lowest BCUT2D eigenvalue weighted by molar-refractivity contribution is 0.0830. The molecule has 0 saturated heterocycles. The highest BCUT2D eigenvalue weighted by Gasteiger charge is 2.25. The molecule has 0 heterocycles. The summed E-state index contributed by atoms with van der Waals surface area (Å²) in [6.07, 6.45) is 2.47. The molecular formula is C7H16N2O. The third-order valence-electron chi connectivity index (χ3n) is 2.31. The Balaban J connectivity index is 2.33. The first-order chi connectivity index (χ1) is 4.74. The van der Waals surface area contributed by atoms with Crippen molar-refractivity contribution in [2.75, 3.05) is 6.54 Å². The van der Waals surface area contributed by atoms with Gasteiger partial charge in [0, 0.05) is 6.04 Å². The van der Waals surface area contributed by atoms with Gasteiger partial charge in [-0.1, -0.05) is 0 Å². The number of nitrogens with two attached hydrogens (primary N) is 2. The molecule has 1 aliphatic carbocycles. The van der Waals surface area contributed by atoms with Crippen molar-refractivity contribution in [3.8, 4) is 0 Å². The fourth-order valence-electron chi connectivity index (χ4n) is 1.47. The second kappa shape index (κ2) is 3.32. The minimum Gasteiger partial charge on any atom is -0.392 e. The molecule has 0 aliphatic heterocycles. The van der Waals surface area contributed by atoms with E-state index in [1.54, 1.807) is 0 Å². The third kappa shape index (κ3) is 1.68. The highest BCUT2D eigenvalue weighted by atomic mass is 16.3. The van der Waals surface area contributed by atoms with E-state index in [1.165, 1.54) is 0 Å². The quantitative estimate of drug-likeness (QED) is 0.461. The molecule has 60 valence electrons. The molecule has 0 amide bonds. The van der Waals surface area contributed by atoms with Crippen LogP contribution in [0.3, 0.4) is 0 Å². The smallest absolute Gasteiger partial charge is 0.0694 e. The Hall–Kier alpha value is -0.120. The Bertz CT molecular complexity index is 108. The normalized spacial score (nSPS) is 41.7. The number of hydrogen-bond acceptors (Lipinski definition) is 3. The lowest BCUT2D eigenvalue weighted by Crippen LogP contribution is -2.41. The predicted octanol–water partition coefficient (Wildman–Crippen LogP) is -0.567. The molecule has 0 aromatic carbocycles. The van der Waals surface area contributed by atoms with Crippen LogP contribution in [0.2, 0.25) is 0 Å². The molecule has 3 atom stereocenters. The van der Waals surface area contributed by atoms with E-state index in [4.69, 9.17) is 11.5 Å². The van der Waals surface area contributed by atoms with Crippen LogP contribution in [-0.4, -0.2) is 23.8 Å². The van der Waals surface area contributed by atoms with Crippen molar-refractivity contribution in [1.82, 2.24) is 0 Å². The van der Waals surface area contributed by atoms with E-state index < -0.39 is 0 Å². The van der Waals surface area contributed by atoms with Gasteiger partial charge >= 0.3 is 0 Å². The van der Waals surface area contributed by atoms with Gasteiger partial charge in [-0.3, -0.25) is 0 Å². The van der Waals surface area contributed by atoms with E-state index in [1.807, 2.05) is 0 Å². The van der Waals surface area contributed by atoms with Crippen molar-refractivity contribution in [3.05, 3.63) is 0 Å². The zero-order valence-corrected chi connectivity index (χ0v) is 6.16. The Kier molecular flexibility index (Phi) is 2.65. The first-order valence-corrected chi connectivity index (χ1v) is 3.87. The van der Waals surface area contributed by atoms with Crippen molar-refractivity contribution in [2.24, 2.45) is 17.4 Å². The van der Waals surface area contributed by atoms with Gasteiger partial charge in [0.25, 0.3) is 0 Å². The Morgan fingerprint density at radius 1 is 1.40 bits per heavy atom. The molecular weight excluding hydrogens is 128 g/mol. The summed E-state index contributed by atoms with van der Waals surface area (Å²) in [5.74, 6) is 0.495. The fourth-order valence-corrected chi connectivity index (χ4v) is 1.47. The molecule has 5 N–H and O–H groups in total. The summed E-state index contributed by atoms with van der Waals surface area (Å²) >= 11 is 0. The fraction of sp³-hybridized carbons (Fsp3) is 1.00. The van der Waals surface area contributed by atoms with E-state index in [-0.39, 0.29) is 12.1 Å². The van der Waals surface area contributed by atoms with Crippen LogP contribution in [-0.2, 0) is 0 Å². The molecule has 0 spiro atoms. The molecule has 3 nitrogen and oxygen atoms in total. The first-order valence-electron chi connectivity index (χ1n) is 3.87. The Labute approximate surface area is 61.4 Å². The highest BCUT2D eigenvalue weighted by molar-refractivity contribution is 4.82. The van der Waals surface area contributed by atoms with Crippen molar-refractivity contribution in [2.45, 2.75) is 31.4 Å². The molecule has 10 heavy (non-hydrogen) atoms. The summed E-state index contributed by atoms with van der Waals surface area (Å²) in [4.78, 5) is 0. The van der Waals surface area contributed by atoms with Crippen LogP contribution < -0.4 is 11.5 Å². The average molecular weight is 144 g/mol. The molecule has 1 rings (SSSR count). The van der Waals surface area contributed by atoms with E-state index in [2.05, 4.69) is 0 Å². The SMILES string of the molecule is NCC1CCC(N)C(O)C1. The maximum absolute atomic E-state index is 9.30. The van der Waals surface area contributed by atoms with E-state index >= 15 is 0 Å². The van der Waals surface area contributed by atoms with Crippen molar-refractivity contribution < 1.29 is 5.11 Å². The molecule has 1 aliphatic rings. The monoisotopic (exact) mass is 144 g/mol. The summed E-state index contributed by atoms with van der Waals surface area (Å²) in [6.45, 7) is 0.684. The second-order valence-corrected chi connectivity index (χ2v) is 3.15. The molecule has 3 heteroatoms. The number of aliphatic hydroxyl groups is 1. The first kappa shape index (κ1) is 7.98. The van der Waals surface area contributed by atoms with Gasteiger partial charge in [0.2, 0.25) is 0 Å². The standard InChI is InChI=1S/C7H16N2O/c8-4-5-1-2-6(9)7(10)3-5/h5-7,10H,1-4,8-9H2. The van der Waals surface area contributed by atoms with Crippen LogP contribution in [0.1, 0.15) is 19.3 Å². The van der Waals surface area contributed by atoms with Crippen LogP contribution in [0, 0.1) is 5.92 Å². The number of hydrogen-bond donors (Lipinski definition) is 3. The molecule has 3 unspecified atom stereocenters. The highest BCUT2D eigenvalue weighted by Crippen LogP contribution is 2.22. The predicted molar refractivity (Wildman–Crippen MR) is 40.4 cm³/mol. The zero-order valence-electron chi connectivity index (χ0n) is 6.16. The number of rotatable bonds is 1. The van der Waals surface area contributed by atoms with Gasteiger partial charge in [-0.05, 0) is 31.7 Å². The summed E-state index contributed by atoms with van der Waals surface area (Å²) in [5, 5.41) is 9.30. The molecule has 0 aromatic rings. The Morgan fingerprint density at radius 2 is 2.10 bits per heavy atom. The largest absolute Gasteiger partial charge is 0.392 e. The molecule has 0 radical (unpaired) electrons. The van der Waals surface area contributed by atoms with Crippen LogP contribution in [0.4, 0.5) is 0 Å². The van der Waals surface area contributed by atoms with Crippen LogP contribution in [0.15, 0.2) is 0 Å². The van der Waals surface area contributed by atoms with Crippen LogP contribution in [0.25, 0.3) is 0 Å². The summed E-state index contributed by atoms with van der Waals surface area (Å²) in [7, 11) is 0. The maximum atomic E-state index is 9.30. The molecule has 0 aromatic heterocycles. The molecule has 1 saturated carbocycles. The summed E-state index contributed by atoms with van der Waals surface area (Å²) in [6, 6.07) is -0.0113. The Morgan fingerprint density at radius 3 is 2.60 bits per heavy atom. The average Bonchev–Trinajstić information content (AvgIpc) is 1.95. The lowest BCUT2D eigenvalue weighted by Gasteiger charge is -2.29. The van der Waals surface area contributed by atoms with E-state index in [0.717, 1.165) is 19.3 Å². The van der Waals surface area contributed by atoms with Gasteiger partial charge in [-0.15, -0.1) is 0 Å². The molecule has 1 fully saturated rings. The van der Waals surface area contributed by atoms with Crippen LogP contribution in [0.5, 0.6) is 0 Å². The minimum absolute atomic E-state index is 0.0113. The van der Waals surface area contributed by atoms with Crippen molar-refractivity contribution in [3.63, 3.8) is 0 Å². The van der Waals surface area contributed by atoms with Gasteiger partial charge in [-0.25, -0.2) is 0 Å². The van der Waals surface area contributed by atoms with Gasteiger partial charge in [0.1, 0.15) is 0 Å². The van der Waals surface area contributed by atoms with Gasteiger partial charge in [0.15, 0.2) is 0 Å².